The largest absolute Gasteiger partial charge is 0.379 e. The molecule has 9 nitrogen and oxygen atoms in total. The molecule has 1 fully saturated rings. The van der Waals surface area contributed by atoms with Crippen molar-refractivity contribution in [2.75, 3.05) is 31.6 Å². The fraction of sp³-hybridized carbons (Fsp3) is 0.185. The number of carbonyl (C=O) groups is 1. The van der Waals surface area contributed by atoms with Gasteiger partial charge in [-0.1, -0.05) is 36.4 Å². The second kappa shape index (κ2) is 9.73. The van der Waals surface area contributed by atoms with Gasteiger partial charge in [-0.2, -0.15) is 5.10 Å². The van der Waals surface area contributed by atoms with Gasteiger partial charge in [-0.15, -0.1) is 0 Å². The van der Waals surface area contributed by atoms with Gasteiger partial charge in [-0.25, -0.2) is 4.98 Å². The number of anilines is 1. The number of amides is 1. The highest BCUT2D eigenvalue weighted by Crippen LogP contribution is 2.27. The van der Waals surface area contributed by atoms with Crippen LogP contribution < -0.4 is 5.32 Å². The van der Waals surface area contributed by atoms with E-state index in [4.69, 9.17) is 9.72 Å². The minimum atomic E-state index is -0.320. The average molecular weight is 480 g/mol. The summed E-state index contributed by atoms with van der Waals surface area (Å²) in [5.41, 5.74) is 6.29. The van der Waals surface area contributed by atoms with E-state index >= 15 is 0 Å². The van der Waals surface area contributed by atoms with Gasteiger partial charge < -0.3 is 15.0 Å². The molecule has 2 aromatic carbocycles. The van der Waals surface area contributed by atoms with E-state index in [1.165, 1.54) is 5.56 Å². The first-order valence-electron chi connectivity index (χ1n) is 11.9. The number of pyridine rings is 1. The molecule has 3 N–H and O–H groups in total. The molecule has 4 heterocycles. The molecule has 1 aliphatic rings. The number of rotatable bonds is 6. The maximum atomic E-state index is 13.0. The monoisotopic (exact) mass is 479 g/mol. The number of nitrogens with zero attached hydrogens (tertiary/aromatic N) is 4. The van der Waals surface area contributed by atoms with Crippen LogP contribution in [-0.4, -0.2) is 62.3 Å². The highest BCUT2D eigenvalue weighted by Gasteiger charge is 2.18. The minimum Gasteiger partial charge on any atom is -0.379 e. The van der Waals surface area contributed by atoms with Crippen LogP contribution in [0, 0.1) is 0 Å². The van der Waals surface area contributed by atoms with Gasteiger partial charge in [0.25, 0.3) is 5.91 Å². The molecule has 1 saturated heterocycles. The molecular weight excluding hydrogens is 454 g/mol. The Morgan fingerprint density at radius 1 is 1.03 bits per heavy atom. The number of fused-ring (bicyclic) bond motifs is 1. The van der Waals surface area contributed by atoms with Crippen LogP contribution in [0.3, 0.4) is 0 Å². The quantitative estimate of drug-likeness (QED) is 0.338. The second-order valence-electron chi connectivity index (χ2n) is 8.72. The van der Waals surface area contributed by atoms with E-state index in [-0.39, 0.29) is 5.91 Å². The Morgan fingerprint density at radius 3 is 2.75 bits per heavy atom. The summed E-state index contributed by atoms with van der Waals surface area (Å²) in [6.07, 6.45) is 3.28. The van der Waals surface area contributed by atoms with Crippen LogP contribution in [0.4, 0.5) is 5.69 Å². The molecule has 0 atom stereocenters. The number of aromatic amines is 2. The Morgan fingerprint density at radius 2 is 1.89 bits per heavy atom. The van der Waals surface area contributed by atoms with Gasteiger partial charge in [0.1, 0.15) is 5.69 Å². The van der Waals surface area contributed by atoms with Crippen LogP contribution in [0.5, 0.6) is 0 Å². The molecule has 36 heavy (non-hydrogen) atoms. The van der Waals surface area contributed by atoms with Crippen molar-refractivity contribution in [3.63, 3.8) is 0 Å². The summed E-state index contributed by atoms with van der Waals surface area (Å²) < 4.78 is 5.44. The van der Waals surface area contributed by atoms with Crippen LogP contribution in [0.15, 0.2) is 73.1 Å². The molecule has 0 bridgehead atoms. The highest BCUT2D eigenvalue weighted by molar-refractivity contribution is 6.05. The second-order valence-corrected chi connectivity index (χ2v) is 8.72. The van der Waals surface area contributed by atoms with E-state index in [1.807, 2.05) is 42.5 Å². The van der Waals surface area contributed by atoms with Crippen molar-refractivity contribution in [2.24, 2.45) is 0 Å². The number of H-pyrrole nitrogens is 2. The summed E-state index contributed by atoms with van der Waals surface area (Å²) in [5, 5.41) is 10.1. The van der Waals surface area contributed by atoms with Crippen LogP contribution in [-0.2, 0) is 11.3 Å². The third-order valence-corrected chi connectivity index (χ3v) is 6.27. The Bertz CT molecular complexity index is 1500. The van der Waals surface area contributed by atoms with Crippen LogP contribution in [0.25, 0.3) is 33.7 Å². The van der Waals surface area contributed by atoms with Crippen molar-refractivity contribution in [1.29, 1.82) is 0 Å². The zero-order chi connectivity index (χ0) is 24.3. The van der Waals surface area contributed by atoms with Gasteiger partial charge in [0.15, 0.2) is 11.5 Å². The molecule has 180 valence electrons. The lowest BCUT2D eigenvalue weighted by atomic mass is 10.1. The molecular formula is C27H25N7O2. The average Bonchev–Trinajstić information content (AvgIpc) is 3.56. The van der Waals surface area contributed by atoms with Crippen molar-refractivity contribution in [2.45, 2.75) is 6.54 Å². The maximum Gasteiger partial charge on any atom is 0.274 e. The number of aromatic nitrogens is 5. The van der Waals surface area contributed by atoms with E-state index in [9.17, 15) is 4.79 Å². The van der Waals surface area contributed by atoms with E-state index < -0.39 is 0 Å². The van der Waals surface area contributed by atoms with E-state index in [2.05, 4.69) is 42.5 Å². The summed E-state index contributed by atoms with van der Waals surface area (Å²) in [6, 6.07) is 19.8. The van der Waals surface area contributed by atoms with E-state index in [0.29, 0.717) is 22.9 Å². The number of imidazole rings is 1. The fourth-order valence-electron chi connectivity index (χ4n) is 4.40. The van der Waals surface area contributed by atoms with Crippen LogP contribution in [0.2, 0.25) is 0 Å². The Hall–Kier alpha value is -4.34. The van der Waals surface area contributed by atoms with Crippen molar-refractivity contribution < 1.29 is 9.53 Å². The molecule has 1 amide bonds. The number of carbonyl (C=O) groups excluding carboxylic acids is 1. The SMILES string of the molecule is O=C(Nc1c[nH]nc1-c1nc2cc(CN3CCOCC3)ccc2[nH]1)c1cc(-c2ccccc2)ccn1. The first kappa shape index (κ1) is 22.1. The lowest BCUT2D eigenvalue weighted by Gasteiger charge is -2.26. The topological polar surface area (TPSA) is 112 Å². The molecule has 0 aliphatic carbocycles. The standard InChI is InChI=1S/C27H25N7O2/c35-27(23-15-20(8-9-28-23)19-4-2-1-3-5-19)32-24-16-29-33-25(24)26-30-21-7-6-18(14-22(21)31-26)17-34-10-12-36-13-11-34/h1-9,14-16H,10-13,17H2,(H,29,33)(H,30,31)(H,32,35). The van der Waals surface area contributed by atoms with Gasteiger partial charge in [-0.05, 0) is 41.0 Å². The normalized spacial score (nSPS) is 14.2. The molecule has 5 aromatic rings. The van der Waals surface area contributed by atoms with Crippen molar-refractivity contribution in [1.82, 2.24) is 30.0 Å². The number of nitrogens with one attached hydrogen (secondary N) is 3. The summed E-state index contributed by atoms with van der Waals surface area (Å²) in [4.78, 5) is 27.7. The number of morpholine rings is 1. The zero-order valence-corrected chi connectivity index (χ0v) is 19.6. The summed E-state index contributed by atoms with van der Waals surface area (Å²) in [6.45, 7) is 4.27. The van der Waals surface area contributed by atoms with Crippen LogP contribution >= 0.6 is 0 Å². The Kier molecular flexibility index (Phi) is 5.98. The molecule has 0 unspecified atom stereocenters. The van der Waals surface area contributed by atoms with Gasteiger partial charge in [-0.3, -0.25) is 19.8 Å². The molecule has 3 aromatic heterocycles. The predicted octanol–water partition coefficient (Wildman–Crippen LogP) is 4.10. The number of benzene rings is 2. The molecule has 9 heteroatoms. The van der Waals surface area contributed by atoms with Crippen LogP contribution in [0.1, 0.15) is 16.1 Å². The van der Waals surface area contributed by atoms with Gasteiger partial charge in [0.2, 0.25) is 0 Å². The smallest absolute Gasteiger partial charge is 0.274 e. The third-order valence-electron chi connectivity index (χ3n) is 6.27. The lowest BCUT2D eigenvalue weighted by Crippen LogP contribution is -2.35. The van der Waals surface area contributed by atoms with Gasteiger partial charge in [0, 0.05) is 32.0 Å². The summed E-state index contributed by atoms with van der Waals surface area (Å²) >= 11 is 0. The molecule has 1 aliphatic heterocycles. The summed E-state index contributed by atoms with van der Waals surface area (Å²) in [5.74, 6) is 0.260. The van der Waals surface area contributed by atoms with Crippen molar-refractivity contribution in [3.05, 3.63) is 84.3 Å². The summed E-state index contributed by atoms with van der Waals surface area (Å²) in [7, 11) is 0. The maximum absolute atomic E-state index is 13.0. The van der Waals surface area contributed by atoms with Gasteiger partial charge in [0.05, 0.1) is 29.9 Å². The van der Waals surface area contributed by atoms with Crippen molar-refractivity contribution in [3.8, 4) is 22.6 Å². The Balaban J connectivity index is 1.22. The molecule has 0 radical (unpaired) electrons. The predicted molar refractivity (Wildman–Crippen MR) is 137 cm³/mol. The third kappa shape index (κ3) is 4.61. The highest BCUT2D eigenvalue weighted by atomic mass is 16.5. The number of hydrogen-bond donors (Lipinski definition) is 3. The number of ether oxygens (including phenoxy) is 1. The van der Waals surface area contributed by atoms with E-state index in [0.717, 1.165) is 55.0 Å². The fourth-order valence-corrected chi connectivity index (χ4v) is 4.40. The Labute approximate surface area is 207 Å². The lowest BCUT2D eigenvalue weighted by molar-refractivity contribution is 0.0342. The molecule has 0 saturated carbocycles. The first-order chi connectivity index (χ1) is 17.7. The minimum absolute atomic E-state index is 0.320. The first-order valence-corrected chi connectivity index (χ1v) is 11.9. The number of hydrogen-bond acceptors (Lipinski definition) is 6. The molecule has 6 rings (SSSR count). The zero-order valence-electron chi connectivity index (χ0n) is 19.6. The molecule has 0 spiro atoms. The van der Waals surface area contributed by atoms with E-state index in [1.54, 1.807) is 18.5 Å². The van der Waals surface area contributed by atoms with Crippen molar-refractivity contribution >= 4 is 22.6 Å². The van der Waals surface area contributed by atoms with Gasteiger partial charge >= 0.3 is 0 Å².